The lowest BCUT2D eigenvalue weighted by molar-refractivity contribution is -0.137. The molecule has 6 nitrogen and oxygen atoms in total. The van der Waals surface area contributed by atoms with Crippen molar-refractivity contribution in [3.05, 3.63) is 81.9 Å². The van der Waals surface area contributed by atoms with E-state index >= 15 is 0 Å². The summed E-state index contributed by atoms with van der Waals surface area (Å²) in [5.41, 5.74) is 9.86. The molecule has 1 aliphatic heterocycles. The van der Waals surface area contributed by atoms with E-state index in [1.54, 1.807) is 0 Å². The molecule has 0 spiro atoms. The second kappa shape index (κ2) is 11.0. The highest BCUT2D eigenvalue weighted by Gasteiger charge is 2.29. The summed E-state index contributed by atoms with van der Waals surface area (Å²) in [6.07, 6.45) is 4.87. The maximum atomic E-state index is 11.4. The van der Waals surface area contributed by atoms with Crippen molar-refractivity contribution < 1.29 is 27.8 Å². The van der Waals surface area contributed by atoms with Crippen molar-refractivity contribution in [1.82, 2.24) is 0 Å². The van der Waals surface area contributed by atoms with Gasteiger partial charge in [-0.1, -0.05) is 30.3 Å². The zero-order valence-electron chi connectivity index (χ0n) is 22.8. The number of benzene rings is 3. The van der Waals surface area contributed by atoms with Gasteiger partial charge in [-0.2, -0.15) is 0 Å². The summed E-state index contributed by atoms with van der Waals surface area (Å²) >= 11 is 0. The Labute approximate surface area is 230 Å². The molecule has 0 bridgehead atoms. The van der Waals surface area contributed by atoms with Crippen LogP contribution < -0.4 is 9.47 Å². The van der Waals surface area contributed by atoms with E-state index in [0.29, 0.717) is 25.6 Å². The monoisotopic (exact) mass is 548 g/mol. The molecule has 3 aromatic rings. The van der Waals surface area contributed by atoms with Gasteiger partial charge in [-0.05, 0) is 103 Å². The first kappa shape index (κ1) is 27.3. The number of rotatable bonds is 10. The van der Waals surface area contributed by atoms with Gasteiger partial charge in [0.1, 0.15) is 21.3 Å². The fourth-order valence-corrected chi connectivity index (χ4v) is 6.88. The van der Waals surface area contributed by atoms with Crippen molar-refractivity contribution in [3.63, 3.8) is 0 Å². The molecule has 0 aromatic heterocycles. The second-order valence-corrected chi connectivity index (χ2v) is 13.3. The van der Waals surface area contributed by atoms with Crippen LogP contribution in [0, 0.1) is 13.8 Å². The van der Waals surface area contributed by atoms with Crippen molar-refractivity contribution in [2.75, 3.05) is 25.2 Å². The van der Waals surface area contributed by atoms with Gasteiger partial charge in [0.25, 0.3) is 0 Å². The van der Waals surface area contributed by atoms with Gasteiger partial charge >= 0.3 is 5.97 Å². The maximum Gasteiger partial charge on any atom is 0.304 e. The van der Waals surface area contributed by atoms with Crippen LogP contribution in [0.15, 0.2) is 48.5 Å². The number of carboxylic acids is 1. The number of ether oxygens (including phenoxy) is 2. The maximum absolute atomic E-state index is 11.4. The molecule has 206 valence electrons. The summed E-state index contributed by atoms with van der Waals surface area (Å²) in [4.78, 5) is 11.2. The number of aliphatic carboxylic acids is 1. The van der Waals surface area contributed by atoms with Gasteiger partial charge in [0.15, 0.2) is 0 Å². The van der Waals surface area contributed by atoms with Crippen molar-refractivity contribution in [2.45, 2.75) is 57.8 Å². The minimum atomic E-state index is -2.98. The van der Waals surface area contributed by atoms with Crippen molar-refractivity contribution in [3.8, 4) is 22.6 Å². The Hall–Kier alpha value is -3.32. The van der Waals surface area contributed by atoms with Gasteiger partial charge in [-0.15, -0.1) is 0 Å². The van der Waals surface area contributed by atoms with Gasteiger partial charge in [0, 0.05) is 17.7 Å². The molecular weight excluding hydrogens is 512 g/mol. The highest BCUT2D eigenvalue weighted by Crippen LogP contribution is 2.44. The van der Waals surface area contributed by atoms with Gasteiger partial charge in [-0.25, -0.2) is 8.42 Å². The third-order valence-corrected chi connectivity index (χ3v) is 8.99. The van der Waals surface area contributed by atoms with Crippen LogP contribution >= 0.6 is 0 Å². The summed E-state index contributed by atoms with van der Waals surface area (Å²) in [5, 5.41) is 9.18. The lowest BCUT2D eigenvalue weighted by Gasteiger charge is -2.18. The highest BCUT2D eigenvalue weighted by atomic mass is 32.2. The number of carboxylic acid groups (broad SMARTS) is 1. The molecule has 0 saturated heterocycles. The van der Waals surface area contributed by atoms with Crippen LogP contribution in [0.5, 0.6) is 11.5 Å². The lowest BCUT2D eigenvalue weighted by Crippen LogP contribution is -2.08. The number of aryl methyl sites for hydroxylation is 2. The smallest absolute Gasteiger partial charge is 0.304 e. The molecule has 0 saturated carbocycles. The normalized spacial score (nSPS) is 17.9. The Morgan fingerprint density at radius 3 is 2.54 bits per heavy atom. The highest BCUT2D eigenvalue weighted by molar-refractivity contribution is 7.90. The van der Waals surface area contributed by atoms with Crippen LogP contribution in [0.3, 0.4) is 0 Å². The van der Waals surface area contributed by atoms with E-state index in [-0.39, 0.29) is 18.1 Å². The Morgan fingerprint density at radius 1 is 1.05 bits per heavy atom. The third-order valence-electron chi connectivity index (χ3n) is 7.96. The Kier molecular flexibility index (Phi) is 7.72. The first-order valence-corrected chi connectivity index (χ1v) is 15.7. The van der Waals surface area contributed by atoms with Gasteiger partial charge < -0.3 is 14.6 Å². The number of hydrogen-bond donors (Lipinski definition) is 1. The quantitative estimate of drug-likeness (QED) is 0.312. The average Bonchev–Trinajstić information content (AvgIpc) is 3.45. The third kappa shape index (κ3) is 6.14. The number of hydrogen-bond acceptors (Lipinski definition) is 5. The summed E-state index contributed by atoms with van der Waals surface area (Å²) in [7, 11) is -2.98. The molecule has 7 heteroatoms. The van der Waals surface area contributed by atoms with Gasteiger partial charge in [0.05, 0.1) is 25.4 Å². The van der Waals surface area contributed by atoms with Gasteiger partial charge in [-0.3, -0.25) is 4.79 Å². The van der Waals surface area contributed by atoms with Crippen LogP contribution in [0.1, 0.15) is 64.5 Å². The van der Waals surface area contributed by atoms with E-state index in [1.807, 2.05) is 0 Å². The molecule has 39 heavy (non-hydrogen) atoms. The van der Waals surface area contributed by atoms with E-state index in [0.717, 1.165) is 47.5 Å². The van der Waals surface area contributed by atoms with Crippen molar-refractivity contribution in [1.29, 1.82) is 0 Å². The fraction of sp³-hybridized carbons (Fsp3) is 0.406. The Morgan fingerprint density at radius 2 is 1.82 bits per heavy atom. The molecule has 1 unspecified atom stereocenters. The standard InChI is InChI=1S/C32H36O6S/c1-20-14-25(37-12-5-13-39(3,35)36)15-21(2)32(20)29-7-4-6-26-23(9-11-28(26)29)16-22-8-10-27-24(18-31(33)34)19-38-30(27)17-22/h4,6-8,10,14-15,17,23-24H,5,9,11-13,16,18-19H2,1-3H3,(H,33,34)/t23?,24-/m1/s1. The van der Waals surface area contributed by atoms with Crippen LogP contribution in [0.25, 0.3) is 11.1 Å². The predicted molar refractivity (Wildman–Crippen MR) is 153 cm³/mol. The molecule has 1 aliphatic carbocycles. The van der Waals surface area contributed by atoms with Crippen molar-refractivity contribution in [2.24, 2.45) is 0 Å². The average molecular weight is 549 g/mol. The fourth-order valence-electron chi connectivity index (χ4n) is 6.24. The topological polar surface area (TPSA) is 89.9 Å². The first-order valence-electron chi connectivity index (χ1n) is 13.6. The van der Waals surface area contributed by atoms with E-state index < -0.39 is 15.8 Å². The van der Waals surface area contributed by atoms with Crippen LogP contribution in [0.4, 0.5) is 0 Å². The number of carbonyl (C=O) groups is 1. The van der Waals surface area contributed by atoms with E-state index in [2.05, 4.69) is 62.4 Å². The molecular formula is C32H36O6S. The summed E-state index contributed by atoms with van der Waals surface area (Å²) in [6, 6.07) is 17.0. The minimum absolute atomic E-state index is 0.0722. The molecule has 1 heterocycles. The van der Waals surface area contributed by atoms with E-state index in [4.69, 9.17) is 9.47 Å². The summed E-state index contributed by atoms with van der Waals surface area (Å²) in [5.74, 6) is 1.29. The largest absolute Gasteiger partial charge is 0.494 e. The molecule has 0 fully saturated rings. The minimum Gasteiger partial charge on any atom is -0.494 e. The zero-order valence-corrected chi connectivity index (χ0v) is 23.6. The molecule has 0 amide bonds. The zero-order chi connectivity index (χ0) is 27.7. The molecule has 2 aliphatic rings. The Balaban J connectivity index is 1.33. The summed E-state index contributed by atoms with van der Waals surface area (Å²) in [6.45, 7) is 5.03. The van der Waals surface area contributed by atoms with Gasteiger partial charge in [0.2, 0.25) is 0 Å². The lowest BCUT2D eigenvalue weighted by atomic mass is 9.88. The van der Waals surface area contributed by atoms with E-state index in [1.165, 1.54) is 34.1 Å². The first-order chi connectivity index (χ1) is 18.6. The molecule has 0 radical (unpaired) electrons. The Bertz CT molecular complexity index is 1480. The summed E-state index contributed by atoms with van der Waals surface area (Å²) < 4.78 is 34.5. The van der Waals surface area contributed by atoms with Crippen LogP contribution in [-0.2, 0) is 27.5 Å². The second-order valence-electron chi connectivity index (χ2n) is 11.1. The molecule has 1 N–H and O–H groups in total. The SMILES string of the molecule is Cc1cc(OCCCS(C)(=O)=O)cc(C)c1-c1cccc2c1CCC2Cc1ccc2c(c1)OC[C@H]2CC(=O)O. The number of fused-ring (bicyclic) bond motifs is 2. The number of sulfone groups is 1. The van der Waals surface area contributed by atoms with Crippen molar-refractivity contribution >= 4 is 15.8 Å². The van der Waals surface area contributed by atoms with Crippen LogP contribution in [-0.4, -0.2) is 44.7 Å². The van der Waals surface area contributed by atoms with E-state index in [9.17, 15) is 18.3 Å². The van der Waals surface area contributed by atoms with Crippen LogP contribution in [0.2, 0.25) is 0 Å². The predicted octanol–water partition coefficient (Wildman–Crippen LogP) is 6.01. The molecule has 2 atom stereocenters. The molecule has 3 aromatic carbocycles. The molecule has 5 rings (SSSR count).